The number of rotatable bonds is 9. The Kier molecular flexibility index (Phi) is 8.69. The van der Waals surface area contributed by atoms with Crippen LogP contribution in [0.3, 0.4) is 0 Å². The maximum Gasteiger partial charge on any atom is 0.268 e. The number of benzene rings is 3. The smallest absolute Gasteiger partial charge is 0.268 e. The van der Waals surface area contributed by atoms with E-state index in [9.17, 15) is 13.2 Å². The number of aryl methyl sites for hydroxylation is 1. The van der Waals surface area contributed by atoms with Crippen molar-refractivity contribution in [3.05, 3.63) is 81.3 Å². The third kappa shape index (κ3) is 6.28. The number of nitrogens with zero attached hydrogens (tertiary/aromatic N) is 1. The first-order valence-electron chi connectivity index (χ1n) is 10.6. The van der Waals surface area contributed by atoms with Crippen molar-refractivity contribution in [1.82, 2.24) is 5.32 Å². The normalized spacial score (nSPS) is 12.1. The number of carbonyl (C=O) groups excluding carboxylic acids is 1. The first-order chi connectivity index (χ1) is 16.6. The molecular weight excluding hydrogens is 556 g/mol. The van der Waals surface area contributed by atoms with Crippen LogP contribution in [-0.2, 0) is 14.8 Å². The fraction of sp³-hybridized carbons (Fsp3) is 0.240. The van der Waals surface area contributed by atoms with Crippen LogP contribution in [0.25, 0.3) is 0 Å². The van der Waals surface area contributed by atoms with Gasteiger partial charge in [-0.2, -0.15) is 0 Å². The van der Waals surface area contributed by atoms with Crippen LogP contribution in [-0.4, -0.2) is 35.1 Å². The molecule has 0 aliphatic heterocycles. The number of carbonyl (C=O) groups is 1. The minimum Gasteiger partial charge on any atom is -0.495 e. The lowest BCUT2D eigenvalue weighted by atomic mass is 10.1. The molecule has 0 spiro atoms. The van der Waals surface area contributed by atoms with E-state index in [1.807, 2.05) is 31.2 Å². The number of anilines is 1. The average molecular weight is 582 g/mol. The highest BCUT2D eigenvalue weighted by Crippen LogP contribution is 2.34. The molecule has 0 aromatic heterocycles. The number of nitrogens with one attached hydrogen (secondary N) is 1. The van der Waals surface area contributed by atoms with E-state index in [1.54, 1.807) is 25.1 Å². The van der Waals surface area contributed by atoms with Crippen molar-refractivity contribution >= 4 is 49.1 Å². The Morgan fingerprint density at radius 2 is 1.66 bits per heavy atom. The fourth-order valence-corrected chi connectivity index (χ4v) is 5.65. The SMILES string of the molecule is COc1ccc(N(CC(=O)NC(C)c2ccc(Br)cc2)S(=O)(=O)c2cc(C)ccc2OC)cc1Cl. The van der Waals surface area contributed by atoms with Crippen molar-refractivity contribution in [2.45, 2.75) is 24.8 Å². The summed E-state index contributed by atoms with van der Waals surface area (Å²) in [6.07, 6.45) is 0. The molecule has 0 saturated heterocycles. The summed E-state index contributed by atoms with van der Waals surface area (Å²) in [7, 11) is -1.36. The molecule has 0 fully saturated rings. The van der Waals surface area contributed by atoms with Gasteiger partial charge < -0.3 is 14.8 Å². The zero-order valence-corrected chi connectivity index (χ0v) is 22.9. The fourth-order valence-electron chi connectivity index (χ4n) is 3.48. The predicted molar refractivity (Wildman–Crippen MR) is 141 cm³/mol. The van der Waals surface area contributed by atoms with E-state index >= 15 is 0 Å². The summed E-state index contributed by atoms with van der Waals surface area (Å²) in [4.78, 5) is 13.0. The maximum absolute atomic E-state index is 13.8. The van der Waals surface area contributed by atoms with Gasteiger partial charge in [-0.25, -0.2) is 8.42 Å². The lowest BCUT2D eigenvalue weighted by Crippen LogP contribution is -2.41. The van der Waals surface area contributed by atoms with Gasteiger partial charge in [-0.05, 0) is 67.4 Å². The first-order valence-corrected chi connectivity index (χ1v) is 13.2. The number of ether oxygens (including phenoxy) is 2. The number of halogens is 2. The Labute approximate surface area is 219 Å². The molecule has 1 amide bonds. The molecule has 1 unspecified atom stereocenters. The number of amides is 1. The van der Waals surface area contributed by atoms with Crippen LogP contribution < -0.4 is 19.1 Å². The number of sulfonamides is 1. The van der Waals surface area contributed by atoms with Gasteiger partial charge in [-0.3, -0.25) is 9.10 Å². The molecular formula is C25H26BrClN2O5S. The Morgan fingerprint density at radius 1 is 1.03 bits per heavy atom. The van der Waals surface area contributed by atoms with Gasteiger partial charge in [0.1, 0.15) is 22.9 Å². The molecule has 0 saturated carbocycles. The van der Waals surface area contributed by atoms with Gasteiger partial charge in [0.05, 0.1) is 31.0 Å². The Balaban J connectivity index is 2.00. The van der Waals surface area contributed by atoms with E-state index in [0.717, 1.165) is 19.9 Å². The molecule has 3 rings (SSSR count). The van der Waals surface area contributed by atoms with Crippen LogP contribution in [0.4, 0.5) is 5.69 Å². The first kappa shape index (κ1) is 26.8. The van der Waals surface area contributed by atoms with Crippen molar-refractivity contribution in [1.29, 1.82) is 0 Å². The number of hydrogen-bond donors (Lipinski definition) is 1. The molecule has 1 atom stereocenters. The standard InChI is InChI=1S/C25H26BrClN2O5S/c1-16-5-11-23(34-4)24(13-16)35(31,32)29(20-10-12-22(33-3)21(27)14-20)15-25(30)28-17(2)18-6-8-19(26)9-7-18/h5-14,17H,15H2,1-4H3,(H,28,30). The van der Waals surface area contributed by atoms with Crippen LogP contribution in [0.15, 0.2) is 70.0 Å². The predicted octanol–water partition coefficient (Wildman–Crippen LogP) is 5.50. The van der Waals surface area contributed by atoms with E-state index in [2.05, 4.69) is 21.2 Å². The highest BCUT2D eigenvalue weighted by Gasteiger charge is 2.31. The molecule has 186 valence electrons. The largest absolute Gasteiger partial charge is 0.495 e. The minimum atomic E-state index is -4.21. The van der Waals surface area contributed by atoms with E-state index < -0.39 is 22.5 Å². The Bertz CT molecular complexity index is 1320. The van der Waals surface area contributed by atoms with Gasteiger partial charge in [0.15, 0.2) is 0 Å². The highest BCUT2D eigenvalue weighted by atomic mass is 79.9. The molecule has 3 aromatic rings. The molecule has 0 aliphatic carbocycles. The molecule has 1 N–H and O–H groups in total. The third-order valence-electron chi connectivity index (χ3n) is 5.35. The average Bonchev–Trinajstić information content (AvgIpc) is 2.82. The summed E-state index contributed by atoms with van der Waals surface area (Å²) in [6, 6.07) is 16.5. The lowest BCUT2D eigenvalue weighted by molar-refractivity contribution is -0.120. The molecule has 7 nitrogen and oxygen atoms in total. The summed E-state index contributed by atoms with van der Waals surface area (Å²) in [5.74, 6) is 0.0700. The molecule has 0 bridgehead atoms. The lowest BCUT2D eigenvalue weighted by Gasteiger charge is -2.26. The van der Waals surface area contributed by atoms with Crippen molar-refractivity contribution < 1.29 is 22.7 Å². The molecule has 10 heteroatoms. The zero-order valence-electron chi connectivity index (χ0n) is 19.7. The van der Waals surface area contributed by atoms with Crippen LogP contribution >= 0.6 is 27.5 Å². The second-order valence-corrected chi connectivity index (χ2v) is 11.0. The van der Waals surface area contributed by atoms with Gasteiger partial charge in [0, 0.05) is 4.47 Å². The summed E-state index contributed by atoms with van der Waals surface area (Å²) >= 11 is 9.68. The van der Waals surface area contributed by atoms with Crippen molar-refractivity contribution in [3.63, 3.8) is 0 Å². The van der Waals surface area contributed by atoms with E-state index in [0.29, 0.717) is 5.75 Å². The Hall–Kier alpha value is -2.75. The van der Waals surface area contributed by atoms with Crippen LogP contribution in [0.1, 0.15) is 24.1 Å². The molecule has 3 aromatic carbocycles. The van der Waals surface area contributed by atoms with Crippen molar-refractivity contribution in [2.75, 3.05) is 25.1 Å². The minimum absolute atomic E-state index is 0.0549. The van der Waals surface area contributed by atoms with Gasteiger partial charge in [-0.1, -0.05) is 45.7 Å². The quantitative estimate of drug-likeness (QED) is 0.361. The second-order valence-electron chi connectivity index (χ2n) is 7.83. The van der Waals surface area contributed by atoms with E-state index in [-0.39, 0.29) is 27.4 Å². The van der Waals surface area contributed by atoms with Gasteiger partial charge in [-0.15, -0.1) is 0 Å². The maximum atomic E-state index is 13.8. The molecule has 0 aliphatic rings. The van der Waals surface area contributed by atoms with E-state index in [1.165, 1.54) is 32.4 Å². The molecule has 0 heterocycles. The van der Waals surface area contributed by atoms with Crippen molar-refractivity contribution in [3.8, 4) is 11.5 Å². The van der Waals surface area contributed by atoms with Crippen LogP contribution in [0, 0.1) is 6.92 Å². The molecule has 0 radical (unpaired) electrons. The Morgan fingerprint density at radius 3 is 2.26 bits per heavy atom. The van der Waals surface area contributed by atoms with Gasteiger partial charge in [0.2, 0.25) is 5.91 Å². The third-order valence-corrected chi connectivity index (χ3v) is 7.96. The van der Waals surface area contributed by atoms with Gasteiger partial charge in [0.25, 0.3) is 10.0 Å². The summed E-state index contributed by atoms with van der Waals surface area (Å²) in [6.45, 7) is 3.14. The summed E-state index contributed by atoms with van der Waals surface area (Å²) < 4.78 is 40.1. The summed E-state index contributed by atoms with van der Waals surface area (Å²) in [5, 5.41) is 3.08. The van der Waals surface area contributed by atoms with Crippen LogP contribution in [0.5, 0.6) is 11.5 Å². The highest BCUT2D eigenvalue weighted by molar-refractivity contribution is 9.10. The number of methoxy groups -OCH3 is 2. The summed E-state index contributed by atoms with van der Waals surface area (Å²) in [5.41, 5.74) is 1.82. The molecule has 35 heavy (non-hydrogen) atoms. The second kappa shape index (κ2) is 11.3. The topological polar surface area (TPSA) is 84.9 Å². The van der Waals surface area contributed by atoms with Gasteiger partial charge >= 0.3 is 0 Å². The van der Waals surface area contributed by atoms with Crippen LogP contribution in [0.2, 0.25) is 5.02 Å². The van der Waals surface area contributed by atoms with E-state index in [4.69, 9.17) is 21.1 Å². The zero-order chi connectivity index (χ0) is 25.8. The number of hydrogen-bond acceptors (Lipinski definition) is 5. The van der Waals surface area contributed by atoms with Crippen molar-refractivity contribution in [2.24, 2.45) is 0 Å². The monoisotopic (exact) mass is 580 g/mol.